The largest absolute Gasteiger partial charge is 0.345 e. The molecule has 3 aromatic rings. The van der Waals surface area contributed by atoms with Crippen LogP contribution < -0.4 is 0 Å². The minimum absolute atomic E-state index is 0.275. The maximum Gasteiger partial charge on any atom is 0.195 e. The summed E-state index contributed by atoms with van der Waals surface area (Å²) in [6.45, 7) is 1.77. The first-order chi connectivity index (χ1) is 9.58. The molecule has 0 unspecified atom stereocenters. The van der Waals surface area contributed by atoms with Gasteiger partial charge in [0.25, 0.3) is 0 Å². The Kier molecular flexibility index (Phi) is 3.03. The van der Waals surface area contributed by atoms with Crippen molar-refractivity contribution in [3.63, 3.8) is 0 Å². The van der Waals surface area contributed by atoms with Gasteiger partial charge in [-0.15, -0.1) is 0 Å². The summed E-state index contributed by atoms with van der Waals surface area (Å²) in [5.41, 5.74) is 1.97. The molecule has 1 aromatic carbocycles. The highest BCUT2D eigenvalue weighted by Crippen LogP contribution is 2.27. The van der Waals surface area contributed by atoms with Crippen LogP contribution in [0.1, 0.15) is 21.5 Å². The van der Waals surface area contributed by atoms with Gasteiger partial charge in [-0.3, -0.25) is 4.79 Å². The Bertz CT molecular complexity index is 826. The zero-order chi connectivity index (χ0) is 14.3. The lowest BCUT2D eigenvalue weighted by Gasteiger charge is -2.04. The molecule has 0 atom stereocenters. The number of aromatic amines is 1. The maximum atomic E-state index is 13.3. The van der Waals surface area contributed by atoms with Crippen LogP contribution >= 0.6 is 11.6 Å². The van der Waals surface area contributed by atoms with E-state index in [4.69, 9.17) is 11.6 Å². The van der Waals surface area contributed by atoms with Crippen LogP contribution in [0.25, 0.3) is 11.0 Å². The molecule has 0 fully saturated rings. The summed E-state index contributed by atoms with van der Waals surface area (Å²) < 4.78 is 13.3. The van der Waals surface area contributed by atoms with Crippen molar-refractivity contribution in [3.05, 3.63) is 64.2 Å². The van der Waals surface area contributed by atoms with Gasteiger partial charge in [-0.05, 0) is 30.7 Å². The molecule has 0 radical (unpaired) electrons. The lowest BCUT2D eigenvalue weighted by atomic mass is 9.99. The molecule has 0 bridgehead atoms. The Labute approximate surface area is 119 Å². The molecule has 2 aromatic heterocycles. The normalized spacial score (nSPS) is 10.9. The average molecular weight is 289 g/mol. The van der Waals surface area contributed by atoms with Gasteiger partial charge >= 0.3 is 0 Å². The number of nitrogens with zero attached hydrogens (tertiary/aromatic N) is 1. The van der Waals surface area contributed by atoms with Crippen molar-refractivity contribution < 1.29 is 9.18 Å². The quantitative estimate of drug-likeness (QED) is 0.727. The number of carbonyl (C=O) groups excluding carboxylic acids is 1. The minimum Gasteiger partial charge on any atom is -0.345 e. The Morgan fingerprint density at radius 3 is 2.90 bits per heavy atom. The van der Waals surface area contributed by atoms with Crippen LogP contribution in [0.4, 0.5) is 4.39 Å². The zero-order valence-electron chi connectivity index (χ0n) is 10.6. The summed E-state index contributed by atoms with van der Waals surface area (Å²) in [5.74, 6) is -0.717. The Balaban J connectivity index is 2.21. The summed E-state index contributed by atoms with van der Waals surface area (Å²) in [6, 6.07) is 5.76. The number of ketones is 1. The summed E-state index contributed by atoms with van der Waals surface area (Å²) >= 11 is 6.12. The third kappa shape index (κ3) is 1.98. The predicted octanol–water partition coefficient (Wildman–Crippen LogP) is 3.89. The predicted molar refractivity (Wildman–Crippen MR) is 75.7 cm³/mol. The van der Waals surface area contributed by atoms with Crippen LogP contribution in [0.3, 0.4) is 0 Å². The van der Waals surface area contributed by atoms with Crippen LogP contribution in [-0.2, 0) is 0 Å². The van der Waals surface area contributed by atoms with E-state index in [1.807, 2.05) is 0 Å². The molecule has 5 heteroatoms. The highest BCUT2D eigenvalue weighted by Gasteiger charge is 2.18. The van der Waals surface area contributed by atoms with Crippen molar-refractivity contribution in [2.45, 2.75) is 6.92 Å². The van der Waals surface area contributed by atoms with Crippen LogP contribution in [-0.4, -0.2) is 15.8 Å². The molecule has 20 heavy (non-hydrogen) atoms. The number of pyridine rings is 1. The molecule has 0 saturated heterocycles. The molecule has 0 amide bonds. The fourth-order valence-electron chi connectivity index (χ4n) is 2.18. The third-order valence-corrected chi connectivity index (χ3v) is 3.53. The Morgan fingerprint density at radius 1 is 1.30 bits per heavy atom. The second-order valence-electron chi connectivity index (χ2n) is 4.51. The fraction of sp³-hybridized carbons (Fsp3) is 0.0667. The molecule has 0 aliphatic rings. The van der Waals surface area contributed by atoms with Gasteiger partial charge in [0.1, 0.15) is 11.5 Å². The van der Waals surface area contributed by atoms with Crippen molar-refractivity contribution in [3.8, 4) is 0 Å². The van der Waals surface area contributed by atoms with E-state index in [9.17, 15) is 9.18 Å². The van der Waals surface area contributed by atoms with Gasteiger partial charge < -0.3 is 4.98 Å². The monoisotopic (exact) mass is 288 g/mol. The van der Waals surface area contributed by atoms with Gasteiger partial charge in [0.2, 0.25) is 0 Å². The first-order valence-electron chi connectivity index (χ1n) is 6.00. The number of nitrogens with one attached hydrogen (secondary N) is 1. The van der Waals surface area contributed by atoms with E-state index in [-0.39, 0.29) is 5.78 Å². The number of H-pyrrole nitrogens is 1. The van der Waals surface area contributed by atoms with Gasteiger partial charge in [0.15, 0.2) is 5.78 Å². The number of benzene rings is 1. The first kappa shape index (κ1) is 12.8. The van der Waals surface area contributed by atoms with Crippen LogP contribution in [0.2, 0.25) is 5.02 Å². The van der Waals surface area contributed by atoms with E-state index >= 15 is 0 Å². The Morgan fingerprint density at radius 2 is 2.10 bits per heavy atom. The molecular weight excluding hydrogens is 279 g/mol. The maximum absolute atomic E-state index is 13.3. The summed E-state index contributed by atoms with van der Waals surface area (Å²) in [6.07, 6.45) is 3.11. The molecule has 2 heterocycles. The molecule has 0 aliphatic carbocycles. The van der Waals surface area contributed by atoms with Crippen molar-refractivity contribution in [2.24, 2.45) is 0 Å². The number of hydrogen-bond donors (Lipinski definition) is 1. The number of carbonyl (C=O) groups is 1. The molecular formula is C15H10ClFN2O. The summed E-state index contributed by atoms with van der Waals surface area (Å²) in [4.78, 5) is 19.6. The third-order valence-electron chi connectivity index (χ3n) is 3.21. The number of aromatic nitrogens is 2. The number of fused-ring (bicyclic) bond motifs is 1. The lowest BCUT2D eigenvalue weighted by molar-refractivity contribution is 0.103. The first-order valence-corrected chi connectivity index (χ1v) is 6.38. The zero-order valence-corrected chi connectivity index (χ0v) is 11.3. The number of aryl methyl sites for hydroxylation is 1. The van der Waals surface area contributed by atoms with E-state index in [0.717, 1.165) is 0 Å². The van der Waals surface area contributed by atoms with Gasteiger partial charge in [-0.1, -0.05) is 17.7 Å². The van der Waals surface area contributed by atoms with E-state index in [0.29, 0.717) is 32.7 Å². The number of halogens is 2. The summed E-state index contributed by atoms with van der Waals surface area (Å²) in [5, 5.41) is 0.997. The number of rotatable bonds is 2. The topological polar surface area (TPSA) is 45.8 Å². The standard InChI is InChI=1S/C15H10ClFN2O/c1-8-2-3-9(17)6-10(8)14(20)11-7-19-15-13(11)12(16)4-5-18-15/h2-7H,1H3,(H,18,19). The fourth-order valence-corrected chi connectivity index (χ4v) is 2.43. The summed E-state index contributed by atoms with van der Waals surface area (Å²) in [7, 11) is 0. The van der Waals surface area contributed by atoms with Crippen molar-refractivity contribution in [2.75, 3.05) is 0 Å². The average Bonchev–Trinajstić information content (AvgIpc) is 2.86. The lowest BCUT2D eigenvalue weighted by Crippen LogP contribution is -2.04. The van der Waals surface area contributed by atoms with Gasteiger partial charge in [0.05, 0.1) is 10.6 Å². The SMILES string of the molecule is Cc1ccc(F)cc1C(=O)c1c[nH]c2nccc(Cl)c12. The van der Waals surface area contributed by atoms with E-state index < -0.39 is 5.82 Å². The molecule has 100 valence electrons. The molecule has 1 N–H and O–H groups in total. The molecule has 0 spiro atoms. The number of hydrogen-bond acceptors (Lipinski definition) is 2. The van der Waals surface area contributed by atoms with E-state index in [1.165, 1.54) is 12.1 Å². The van der Waals surface area contributed by atoms with Crippen LogP contribution in [0.5, 0.6) is 0 Å². The Hall–Kier alpha value is -2.20. The van der Waals surface area contributed by atoms with Crippen molar-refractivity contribution in [1.29, 1.82) is 0 Å². The van der Waals surface area contributed by atoms with Crippen molar-refractivity contribution in [1.82, 2.24) is 9.97 Å². The van der Waals surface area contributed by atoms with Crippen LogP contribution in [0.15, 0.2) is 36.7 Å². The second-order valence-corrected chi connectivity index (χ2v) is 4.91. The molecule has 3 rings (SSSR count). The van der Waals surface area contributed by atoms with Crippen LogP contribution in [0, 0.1) is 12.7 Å². The minimum atomic E-state index is -0.442. The smallest absolute Gasteiger partial charge is 0.195 e. The highest BCUT2D eigenvalue weighted by molar-refractivity contribution is 6.37. The van der Waals surface area contributed by atoms with Gasteiger partial charge in [0, 0.05) is 23.3 Å². The van der Waals surface area contributed by atoms with Gasteiger partial charge in [-0.2, -0.15) is 0 Å². The highest BCUT2D eigenvalue weighted by atomic mass is 35.5. The van der Waals surface area contributed by atoms with Gasteiger partial charge in [-0.25, -0.2) is 9.37 Å². The molecule has 3 nitrogen and oxygen atoms in total. The second kappa shape index (κ2) is 4.72. The molecule has 0 saturated carbocycles. The van der Waals surface area contributed by atoms with E-state index in [2.05, 4.69) is 9.97 Å². The van der Waals surface area contributed by atoms with Crippen molar-refractivity contribution >= 4 is 28.4 Å². The molecule has 0 aliphatic heterocycles. The van der Waals surface area contributed by atoms with E-state index in [1.54, 1.807) is 31.5 Å².